The van der Waals surface area contributed by atoms with Crippen LogP contribution in [0.4, 0.5) is 13.6 Å². The van der Waals surface area contributed by atoms with Gasteiger partial charge in [-0.1, -0.05) is 54.1 Å². The summed E-state index contributed by atoms with van der Waals surface area (Å²) in [6.07, 6.45) is 9.29. The van der Waals surface area contributed by atoms with Crippen LogP contribution >= 0.6 is 0 Å². The minimum absolute atomic E-state index is 0.227. The summed E-state index contributed by atoms with van der Waals surface area (Å²) in [5.74, 6) is -1.29. The minimum atomic E-state index is -0.970. The van der Waals surface area contributed by atoms with E-state index < -0.39 is 41.5 Å². The lowest BCUT2D eigenvalue weighted by molar-refractivity contribution is -0.0434. The maximum Gasteiger partial charge on any atom is 0.410 e. The van der Waals surface area contributed by atoms with E-state index in [-0.39, 0.29) is 6.42 Å². The van der Waals surface area contributed by atoms with Gasteiger partial charge in [0.05, 0.1) is 12.1 Å². The molecule has 0 saturated carbocycles. The Morgan fingerprint density at radius 1 is 1.07 bits per heavy atom. The van der Waals surface area contributed by atoms with E-state index in [4.69, 9.17) is 4.74 Å². The summed E-state index contributed by atoms with van der Waals surface area (Å²) in [5, 5.41) is 12.1. The van der Waals surface area contributed by atoms with Crippen molar-refractivity contribution >= 4 is 6.09 Å². The lowest BCUT2D eigenvalue weighted by Crippen LogP contribution is -2.58. The van der Waals surface area contributed by atoms with Gasteiger partial charge in [-0.05, 0) is 82.6 Å². The van der Waals surface area contributed by atoms with E-state index >= 15 is 0 Å². The number of amides is 1. The van der Waals surface area contributed by atoms with Gasteiger partial charge in [-0.25, -0.2) is 13.6 Å². The lowest BCUT2D eigenvalue weighted by atomic mass is 9.88. The van der Waals surface area contributed by atoms with Crippen molar-refractivity contribution < 1.29 is 23.4 Å². The van der Waals surface area contributed by atoms with Gasteiger partial charge in [0.2, 0.25) is 0 Å². The number of likely N-dealkylation sites (tertiary alicyclic amines) is 1. The van der Waals surface area contributed by atoms with E-state index in [2.05, 4.69) is 23.1 Å². The van der Waals surface area contributed by atoms with Crippen molar-refractivity contribution in [3.05, 3.63) is 95.1 Å². The Bertz CT molecular complexity index is 1170. The molecular formula is C33H42F2N2O3. The predicted molar refractivity (Wildman–Crippen MR) is 154 cm³/mol. The quantitative estimate of drug-likeness (QED) is 0.372. The third kappa shape index (κ3) is 8.48. The molecule has 1 N–H and O–H groups in total. The van der Waals surface area contributed by atoms with Gasteiger partial charge in [0.1, 0.15) is 17.2 Å². The molecule has 0 aromatic heterocycles. The summed E-state index contributed by atoms with van der Waals surface area (Å²) >= 11 is 0. The number of aliphatic hydroxyl groups excluding tert-OH is 1. The molecule has 0 spiro atoms. The fourth-order valence-corrected chi connectivity index (χ4v) is 5.71. The van der Waals surface area contributed by atoms with Gasteiger partial charge in [0.25, 0.3) is 0 Å². The number of carbonyl (C=O) groups excluding carboxylic acids is 1. The second-order valence-electron chi connectivity index (χ2n) is 12.0. The van der Waals surface area contributed by atoms with E-state index in [1.165, 1.54) is 17.7 Å². The third-order valence-corrected chi connectivity index (χ3v) is 7.54. The molecule has 2 aliphatic rings. The highest BCUT2D eigenvalue weighted by atomic mass is 19.1. The smallest absolute Gasteiger partial charge is 0.410 e. The molecule has 2 aromatic rings. The monoisotopic (exact) mass is 552 g/mol. The first-order valence-corrected chi connectivity index (χ1v) is 14.3. The molecule has 2 aromatic carbocycles. The van der Waals surface area contributed by atoms with Crippen molar-refractivity contribution in [2.45, 2.75) is 89.6 Å². The van der Waals surface area contributed by atoms with Crippen molar-refractivity contribution in [3.8, 4) is 0 Å². The van der Waals surface area contributed by atoms with Crippen molar-refractivity contribution in [1.82, 2.24) is 9.80 Å². The van der Waals surface area contributed by atoms with Gasteiger partial charge in [-0.2, -0.15) is 0 Å². The highest BCUT2D eigenvalue weighted by Gasteiger charge is 2.40. The number of rotatable bonds is 9. The fraction of sp³-hybridized carbons (Fsp3) is 0.485. The average molecular weight is 553 g/mol. The number of allylic oxidation sites excluding steroid dienone is 3. The largest absolute Gasteiger partial charge is 0.444 e. The number of nitrogens with zero attached hydrogens (tertiary/aromatic N) is 2. The molecule has 3 unspecified atom stereocenters. The zero-order valence-electron chi connectivity index (χ0n) is 23.9. The van der Waals surface area contributed by atoms with Crippen LogP contribution in [0.3, 0.4) is 0 Å². The molecule has 3 atom stereocenters. The number of carbonyl (C=O) groups is 1. The van der Waals surface area contributed by atoms with Crippen LogP contribution in [-0.2, 0) is 17.7 Å². The minimum Gasteiger partial charge on any atom is -0.444 e. The Hall–Kier alpha value is -3.03. The van der Waals surface area contributed by atoms with Crippen LogP contribution in [0, 0.1) is 11.6 Å². The Kier molecular flexibility index (Phi) is 10.1. The van der Waals surface area contributed by atoms with Crippen LogP contribution < -0.4 is 0 Å². The second kappa shape index (κ2) is 13.6. The molecular weight excluding hydrogens is 510 g/mol. The molecule has 216 valence electrons. The van der Waals surface area contributed by atoms with E-state index in [0.717, 1.165) is 37.3 Å². The maximum absolute atomic E-state index is 14.3. The summed E-state index contributed by atoms with van der Waals surface area (Å²) in [6.45, 7) is 7.12. The standard InChI is InChI=1S/C33H42F2N2O3/c1-33(2,3)40-32(39)37-17-11-10-16-29(37)31(38)30(20-26-18-27(34)21-28(35)19-26)36(22-24-12-6-4-7-13-24)23-25-14-8-5-9-15-25/h4-8,12-14,18-19,21,29-31,38H,9-11,15-17,20,22-23H2,1-3H3. The van der Waals surface area contributed by atoms with Crippen LogP contribution in [0.5, 0.6) is 0 Å². The number of benzene rings is 2. The summed E-state index contributed by atoms with van der Waals surface area (Å²) in [6, 6.07) is 12.5. The highest BCUT2D eigenvalue weighted by Crippen LogP contribution is 2.29. The SMILES string of the molecule is CC(C)(C)OC(=O)N1CCCCC1C(O)C(Cc1cc(F)cc(F)c1)N(CC1=CC=CCC1)Cc1ccccc1. The Morgan fingerprint density at radius 2 is 1.80 bits per heavy atom. The van der Waals surface area contributed by atoms with Crippen LogP contribution in [-0.4, -0.2) is 57.9 Å². The summed E-state index contributed by atoms with van der Waals surface area (Å²) in [5.41, 5.74) is 2.11. The van der Waals surface area contributed by atoms with Crippen LogP contribution in [0.2, 0.25) is 0 Å². The number of piperidine rings is 1. The molecule has 1 heterocycles. The zero-order valence-corrected chi connectivity index (χ0v) is 23.9. The summed E-state index contributed by atoms with van der Waals surface area (Å²) < 4.78 is 34.3. The first kappa shape index (κ1) is 29.9. The molecule has 0 radical (unpaired) electrons. The van der Waals surface area contributed by atoms with Crippen LogP contribution in [0.15, 0.2) is 72.3 Å². The van der Waals surface area contributed by atoms with Crippen molar-refractivity contribution in [2.24, 2.45) is 0 Å². The molecule has 40 heavy (non-hydrogen) atoms. The molecule has 1 aliphatic heterocycles. The number of aliphatic hydroxyl groups is 1. The van der Waals surface area contributed by atoms with Gasteiger partial charge in [-0.3, -0.25) is 4.90 Å². The summed E-state index contributed by atoms with van der Waals surface area (Å²) in [7, 11) is 0. The maximum atomic E-state index is 14.3. The van der Waals surface area contributed by atoms with Gasteiger partial charge in [0, 0.05) is 31.7 Å². The zero-order chi connectivity index (χ0) is 28.7. The predicted octanol–water partition coefficient (Wildman–Crippen LogP) is 6.81. The molecule has 5 nitrogen and oxygen atoms in total. The number of hydrogen-bond acceptors (Lipinski definition) is 4. The second-order valence-corrected chi connectivity index (χ2v) is 12.0. The van der Waals surface area contributed by atoms with E-state index in [1.54, 1.807) is 4.90 Å². The lowest BCUT2D eigenvalue weighted by Gasteiger charge is -2.44. The van der Waals surface area contributed by atoms with E-state index in [9.17, 15) is 18.7 Å². The van der Waals surface area contributed by atoms with E-state index in [1.807, 2.05) is 51.1 Å². The molecule has 1 fully saturated rings. The molecule has 4 rings (SSSR count). The van der Waals surface area contributed by atoms with Crippen LogP contribution in [0.25, 0.3) is 0 Å². The Balaban J connectivity index is 1.71. The van der Waals surface area contributed by atoms with Crippen molar-refractivity contribution in [1.29, 1.82) is 0 Å². The van der Waals surface area contributed by atoms with Crippen LogP contribution in [0.1, 0.15) is 64.0 Å². The molecule has 1 amide bonds. The first-order chi connectivity index (χ1) is 19.1. The van der Waals surface area contributed by atoms with Crippen molar-refractivity contribution in [2.75, 3.05) is 13.1 Å². The first-order valence-electron chi connectivity index (χ1n) is 14.3. The molecule has 1 saturated heterocycles. The Morgan fingerprint density at radius 3 is 2.45 bits per heavy atom. The number of hydrogen-bond donors (Lipinski definition) is 1. The topological polar surface area (TPSA) is 53.0 Å². The number of ether oxygens (including phenoxy) is 1. The molecule has 0 bridgehead atoms. The van der Waals surface area contributed by atoms with E-state index in [0.29, 0.717) is 31.6 Å². The number of halogens is 2. The normalized spacial score (nSPS) is 19.3. The highest BCUT2D eigenvalue weighted by molar-refractivity contribution is 5.68. The third-order valence-electron chi connectivity index (χ3n) is 7.54. The van der Waals surface area contributed by atoms with Gasteiger partial charge < -0.3 is 14.7 Å². The van der Waals surface area contributed by atoms with Gasteiger partial charge in [-0.15, -0.1) is 0 Å². The summed E-state index contributed by atoms with van der Waals surface area (Å²) in [4.78, 5) is 17.1. The van der Waals surface area contributed by atoms with Gasteiger partial charge >= 0.3 is 6.09 Å². The molecule has 7 heteroatoms. The fourth-order valence-electron chi connectivity index (χ4n) is 5.71. The average Bonchev–Trinajstić information content (AvgIpc) is 2.91. The Labute approximate surface area is 237 Å². The van der Waals surface area contributed by atoms with Crippen molar-refractivity contribution in [3.63, 3.8) is 0 Å². The van der Waals surface area contributed by atoms with Gasteiger partial charge in [0.15, 0.2) is 0 Å². The molecule has 1 aliphatic carbocycles.